The largest absolute Gasteiger partial charge is 0.346 e. The van der Waals surface area contributed by atoms with Crippen LogP contribution in [-0.4, -0.2) is 10.9 Å². The van der Waals surface area contributed by atoms with E-state index >= 15 is 0 Å². The van der Waals surface area contributed by atoms with Crippen molar-refractivity contribution in [2.45, 2.75) is 13.0 Å². The minimum Gasteiger partial charge on any atom is -0.346 e. The number of H-pyrrole nitrogens is 1. The molecule has 1 amide bonds. The van der Waals surface area contributed by atoms with Crippen molar-refractivity contribution < 1.29 is 4.79 Å². The zero-order valence-electron chi connectivity index (χ0n) is 10.3. The SMILES string of the molecule is CC(NC(=O)c1cc[nH]c(=O)c1)c1cccc(Br)c1. The first-order valence-electron chi connectivity index (χ1n) is 5.81. The van der Waals surface area contributed by atoms with Crippen LogP contribution in [0, 0.1) is 0 Å². The number of rotatable bonds is 3. The van der Waals surface area contributed by atoms with E-state index in [0.717, 1.165) is 10.0 Å². The van der Waals surface area contributed by atoms with Gasteiger partial charge in [-0.05, 0) is 30.7 Å². The van der Waals surface area contributed by atoms with Crippen LogP contribution < -0.4 is 10.9 Å². The van der Waals surface area contributed by atoms with Crippen LogP contribution in [0.1, 0.15) is 28.9 Å². The molecule has 0 saturated carbocycles. The predicted molar refractivity (Wildman–Crippen MR) is 77.1 cm³/mol. The Bertz CT molecular complexity index is 652. The molecule has 4 nitrogen and oxygen atoms in total. The van der Waals surface area contributed by atoms with Crippen LogP contribution in [0.5, 0.6) is 0 Å². The van der Waals surface area contributed by atoms with Gasteiger partial charge in [0.05, 0.1) is 6.04 Å². The van der Waals surface area contributed by atoms with Gasteiger partial charge in [-0.2, -0.15) is 0 Å². The first-order chi connectivity index (χ1) is 9.06. The maximum absolute atomic E-state index is 12.0. The molecule has 0 aliphatic carbocycles. The fraction of sp³-hybridized carbons (Fsp3) is 0.143. The van der Waals surface area contributed by atoms with Crippen LogP contribution in [0.15, 0.2) is 51.9 Å². The Kier molecular flexibility index (Phi) is 4.16. The number of amides is 1. The number of hydrogen-bond acceptors (Lipinski definition) is 2. The molecule has 0 aliphatic rings. The normalized spacial score (nSPS) is 11.9. The van der Waals surface area contributed by atoms with Crippen molar-refractivity contribution in [1.29, 1.82) is 0 Å². The zero-order chi connectivity index (χ0) is 13.8. The van der Waals surface area contributed by atoms with Crippen molar-refractivity contribution >= 4 is 21.8 Å². The monoisotopic (exact) mass is 320 g/mol. The first-order valence-corrected chi connectivity index (χ1v) is 6.60. The standard InChI is InChI=1S/C14H13BrN2O2/c1-9(10-3-2-4-12(15)7-10)17-14(19)11-5-6-16-13(18)8-11/h2-9H,1H3,(H,16,18)(H,17,19). The average Bonchev–Trinajstić information content (AvgIpc) is 2.38. The number of hydrogen-bond donors (Lipinski definition) is 2. The summed E-state index contributed by atoms with van der Waals surface area (Å²) < 4.78 is 0.960. The van der Waals surface area contributed by atoms with Crippen LogP contribution in [0.3, 0.4) is 0 Å². The lowest BCUT2D eigenvalue weighted by Crippen LogP contribution is -2.27. The Labute approximate surface area is 119 Å². The summed E-state index contributed by atoms with van der Waals surface area (Å²) in [5.74, 6) is -0.265. The van der Waals surface area contributed by atoms with Crippen LogP contribution >= 0.6 is 15.9 Å². The van der Waals surface area contributed by atoms with Gasteiger partial charge in [-0.3, -0.25) is 9.59 Å². The van der Waals surface area contributed by atoms with Gasteiger partial charge in [0.25, 0.3) is 5.91 Å². The molecular formula is C14H13BrN2O2. The van der Waals surface area contributed by atoms with E-state index in [4.69, 9.17) is 0 Å². The van der Waals surface area contributed by atoms with Crippen molar-refractivity contribution in [2.75, 3.05) is 0 Å². The Balaban J connectivity index is 2.13. The molecule has 1 heterocycles. The van der Waals surface area contributed by atoms with Gasteiger partial charge in [0.1, 0.15) is 0 Å². The Morgan fingerprint density at radius 3 is 2.79 bits per heavy atom. The summed E-state index contributed by atoms with van der Waals surface area (Å²) in [6.07, 6.45) is 1.46. The zero-order valence-corrected chi connectivity index (χ0v) is 11.9. The minimum absolute atomic E-state index is 0.135. The molecule has 0 aliphatic heterocycles. The summed E-state index contributed by atoms with van der Waals surface area (Å²) in [4.78, 5) is 25.6. The number of aromatic amines is 1. The van der Waals surface area contributed by atoms with Crippen molar-refractivity contribution in [3.8, 4) is 0 Å². The number of nitrogens with one attached hydrogen (secondary N) is 2. The summed E-state index contributed by atoms with van der Waals surface area (Å²) in [5, 5.41) is 2.85. The number of aromatic nitrogens is 1. The second-order valence-electron chi connectivity index (χ2n) is 4.19. The van der Waals surface area contributed by atoms with E-state index in [1.54, 1.807) is 6.07 Å². The molecule has 19 heavy (non-hydrogen) atoms. The number of benzene rings is 1. The van der Waals surface area contributed by atoms with E-state index in [9.17, 15) is 9.59 Å². The summed E-state index contributed by atoms with van der Waals surface area (Å²) in [5.41, 5.74) is 1.06. The molecule has 0 saturated heterocycles. The first kappa shape index (κ1) is 13.5. The van der Waals surface area contributed by atoms with E-state index in [1.807, 2.05) is 31.2 Å². The lowest BCUT2D eigenvalue weighted by Gasteiger charge is -2.14. The summed E-state index contributed by atoms with van der Waals surface area (Å²) >= 11 is 3.39. The minimum atomic E-state index is -0.289. The molecule has 1 aromatic carbocycles. The molecule has 2 rings (SSSR count). The molecular weight excluding hydrogens is 308 g/mol. The van der Waals surface area contributed by atoms with Crippen LogP contribution in [-0.2, 0) is 0 Å². The van der Waals surface area contributed by atoms with Gasteiger partial charge in [0.15, 0.2) is 0 Å². The lowest BCUT2D eigenvalue weighted by atomic mass is 10.1. The molecule has 0 fully saturated rings. The van der Waals surface area contributed by atoms with Gasteiger partial charge < -0.3 is 10.3 Å². The van der Waals surface area contributed by atoms with Crippen LogP contribution in [0.25, 0.3) is 0 Å². The molecule has 0 spiro atoms. The fourth-order valence-electron chi connectivity index (χ4n) is 1.73. The van der Waals surface area contributed by atoms with Gasteiger partial charge in [-0.15, -0.1) is 0 Å². The smallest absolute Gasteiger partial charge is 0.252 e. The Hall–Kier alpha value is -1.88. The molecule has 2 aromatic rings. The highest BCUT2D eigenvalue weighted by molar-refractivity contribution is 9.10. The van der Waals surface area contributed by atoms with Crippen molar-refractivity contribution in [1.82, 2.24) is 10.3 Å². The predicted octanol–water partition coefficient (Wildman–Crippen LogP) is 2.63. The van der Waals surface area contributed by atoms with Gasteiger partial charge in [-0.1, -0.05) is 28.1 Å². The van der Waals surface area contributed by atoms with E-state index in [2.05, 4.69) is 26.2 Å². The molecule has 5 heteroatoms. The summed E-state index contributed by atoms with van der Waals surface area (Å²) in [6, 6.07) is 10.4. The van der Waals surface area contributed by atoms with Crippen LogP contribution in [0.2, 0.25) is 0 Å². The number of carbonyl (C=O) groups is 1. The van der Waals surface area contributed by atoms with Gasteiger partial charge in [0, 0.05) is 22.3 Å². The third-order valence-electron chi connectivity index (χ3n) is 2.73. The van der Waals surface area contributed by atoms with Gasteiger partial charge in [-0.25, -0.2) is 0 Å². The highest BCUT2D eigenvalue weighted by Gasteiger charge is 2.11. The Morgan fingerprint density at radius 1 is 1.32 bits per heavy atom. The highest BCUT2D eigenvalue weighted by atomic mass is 79.9. The quantitative estimate of drug-likeness (QED) is 0.913. The van der Waals surface area contributed by atoms with E-state index < -0.39 is 0 Å². The molecule has 0 bridgehead atoms. The third kappa shape index (κ3) is 3.54. The number of pyridine rings is 1. The molecule has 2 N–H and O–H groups in total. The van der Waals surface area contributed by atoms with Gasteiger partial charge >= 0.3 is 0 Å². The topological polar surface area (TPSA) is 62.0 Å². The molecule has 98 valence electrons. The number of carbonyl (C=O) groups excluding carboxylic acids is 1. The Morgan fingerprint density at radius 2 is 2.11 bits per heavy atom. The third-order valence-corrected chi connectivity index (χ3v) is 3.23. The molecule has 1 aromatic heterocycles. The molecule has 0 radical (unpaired) electrons. The van der Waals surface area contributed by atoms with E-state index in [0.29, 0.717) is 5.56 Å². The molecule has 1 unspecified atom stereocenters. The summed E-state index contributed by atoms with van der Waals surface area (Å²) in [7, 11) is 0. The summed E-state index contributed by atoms with van der Waals surface area (Å²) in [6.45, 7) is 1.90. The second kappa shape index (κ2) is 5.84. The van der Waals surface area contributed by atoms with E-state index in [-0.39, 0.29) is 17.5 Å². The van der Waals surface area contributed by atoms with Crippen molar-refractivity contribution in [3.05, 3.63) is 68.5 Å². The van der Waals surface area contributed by atoms with Crippen LogP contribution in [0.4, 0.5) is 0 Å². The van der Waals surface area contributed by atoms with Crippen molar-refractivity contribution in [3.63, 3.8) is 0 Å². The van der Waals surface area contributed by atoms with E-state index in [1.165, 1.54) is 12.3 Å². The lowest BCUT2D eigenvalue weighted by molar-refractivity contribution is 0.0939. The fourth-order valence-corrected chi connectivity index (χ4v) is 2.14. The highest BCUT2D eigenvalue weighted by Crippen LogP contribution is 2.18. The van der Waals surface area contributed by atoms with Crippen molar-refractivity contribution in [2.24, 2.45) is 0 Å². The number of halogens is 1. The second-order valence-corrected chi connectivity index (χ2v) is 5.11. The average molecular weight is 321 g/mol. The maximum atomic E-state index is 12.0. The van der Waals surface area contributed by atoms with Gasteiger partial charge in [0.2, 0.25) is 5.56 Å². The molecule has 1 atom stereocenters. The maximum Gasteiger partial charge on any atom is 0.252 e.